The van der Waals surface area contributed by atoms with Gasteiger partial charge >= 0.3 is 6.41 Å². The summed E-state index contributed by atoms with van der Waals surface area (Å²) in [4.78, 5) is 9.72. The Bertz CT molecular complexity index is 76.6. The molecule has 0 spiro atoms. The monoisotopic (exact) mass is 112 g/mol. The molecule has 1 rings (SSSR count). The Hall–Kier alpha value is -0.530. The first-order valence-corrected chi connectivity index (χ1v) is 3.06. The third kappa shape index (κ3) is 1.22. The van der Waals surface area contributed by atoms with Crippen LogP contribution in [0.25, 0.3) is 0 Å². The summed E-state index contributed by atoms with van der Waals surface area (Å²) in [5, 5.41) is 2.64. The molecule has 1 amide bonds. The van der Waals surface area contributed by atoms with Crippen molar-refractivity contribution >= 4 is 6.41 Å². The van der Waals surface area contributed by atoms with Gasteiger partial charge in [-0.25, -0.2) is 0 Å². The van der Waals surface area contributed by atoms with Crippen molar-refractivity contribution in [2.45, 2.75) is 31.7 Å². The number of carbonyl (C=O) groups excluding carboxylic acids is 1. The Morgan fingerprint density at radius 1 is 1.38 bits per heavy atom. The lowest BCUT2D eigenvalue weighted by molar-refractivity contribution is 0.519. The van der Waals surface area contributed by atoms with E-state index in [1.165, 1.54) is 12.8 Å². The van der Waals surface area contributed by atoms with Gasteiger partial charge in [0.05, 0.1) is 0 Å². The fourth-order valence-electron chi connectivity index (χ4n) is 1.15. The van der Waals surface area contributed by atoms with E-state index < -0.39 is 0 Å². The Kier molecular flexibility index (Phi) is 1.89. The maximum absolute atomic E-state index is 9.72. The first-order valence-electron chi connectivity index (χ1n) is 3.06. The molecular weight excluding hydrogens is 102 g/mol. The molecule has 0 unspecified atom stereocenters. The van der Waals surface area contributed by atoms with E-state index in [0.29, 0.717) is 6.04 Å². The molecule has 0 aromatic carbocycles. The van der Waals surface area contributed by atoms with E-state index in [0.717, 1.165) is 12.8 Å². The van der Waals surface area contributed by atoms with Crippen molar-refractivity contribution in [1.29, 1.82) is 0 Å². The molecule has 2 nitrogen and oxygen atoms in total. The highest BCUT2D eigenvalue weighted by Gasteiger charge is 2.12. The smallest absolute Gasteiger partial charge is 0.309 e. The first-order chi connectivity index (χ1) is 3.93. The Morgan fingerprint density at radius 2 is 2.00 bits per heavy atom. The number of rotatable bonds is 2. The summed E-state index contributed by atoms with van der Waals surface area (Å²) in [5.74, 6) is 0. The lowest BCUT2D eigenvalue weighted by atomic mass is 10.3. The Balaban J connectivity index is 2.14. The van der Waals surface area contributed by atoms with Crippen LogP contribution in [0.4, 0.5) is 0 Å². The van der Waals surface area contributed by atoms with E-state index in [4.69, 9.17) is 0 Å². The minimum Gasteiger partial charge on any atom is -0.345 e. The maximum Gasteiger partial charge on any atom is 0.309 e. The second kappa shape index (κ2) is 2.70. The van der Waals surface area contributed by atoms with Crippen LogP contribution in [0.3, 0.4) is 0 Å². The molecule has 1 fully saturated rings. The molecule has 1 aliphatic rings. The lowest BCUT2D eigenvalue weighted by Gasteiger charge is -2.02. The first kappa shape index (κ1) is 5.60. The third-order valence-electron chi connectivity index (χ3n) is 1.62. The molecule has 0 heterocycles. The normalized spacial score (nSPS) is 21.0. The van der Waals surface area contributed by atoms with Gasteiger partial charge in [0.1, 0.15) is 0 Å². The highest BCUT2D eigenvalue weighted by Crippen LogP contribution is 2.16. The molecule has 1 radical (unpaired) electrons. The fraction of sp³-hybridized carbons (Fsp3) is 0.833. The van der Waals surface area contributed by atoms with Crippen molar-refractivity contribution in [3.8, 4) is 0 Å². The molecule has 0 aliphatic heterocycles. The molecule has 45 valence electrons. The second-order valence-corrected chi connectivity index (χ2v) is 2.23. The largest absolute Gasteiger partial charge is 0.345 e. The van der Waals surface area contributed by atoms with E-state index in [1.807, 2.05) is 0 Å². The third-order valence-corrected chi connectivity index (χ3v) is 1.62. The van der Waals surface area contributed by atoms with Crippen LogP contribution in [0, 0.1) is 0 Å². The minimum absolute atomic E-state index is 0.437. The highest BCUT2D eigenvalue weighted by atomic mass is 16.1. The minimum atomic E-state index is 0.437. The van der Waals surface area contributed by atoms with Crippen LogP contribution < -0.4 is 5.32 Å². The molecule has 0 bridgehead atoms. The van der Waals surface area contributed by atoms with Gasteiger partial charge in [-0.1, -0.05) is 12.8 Å². The van der Waals surface area contributed by atoms with E-state index in [2.05, 4.69) is 5.32 Å². The van der Waals surface area contributed by atoms with E-state index in [-0.39, 0.29) is 0 Å². The van der Waals surface area contributed by atoms with Crippen LogP contribution in [0.15, 0.2) is 0 Å². The van der Waals surface area contributed by atoms with Crippen molar-refractivity contribution < 1.29 is 4.79 Å². The maximum atomic E-state index is 9.72. The lowest BCUT2D eigenvalue weighted by Crippen LogP contribution is -2.23. The molecule has 2 heteroatoms. The van der Waals surface area contributed by atoms with Gasteiger partial charge in [0.15, 0.2) is 0 Å². The summed E-state index contributed by atoms with van der Waals surface area (Å²) >= 11 is 0. The van der Waals surface area contributed by atoms with Crippen LogP contribution in [0.5, 0.6) is 0 Å². The molecule has 1 N–H and O–H groups in total. The average Bonchev–Trinajstić information content (AvgIpc) is 2.19. The quantitative estimate of drug-likeness (QED) is 0.520. The zero-order valence-electron chi connectivity index (χ0n) is 4.81. The van der Waals surface area contributed by atoms with Crippen LogP contribution >= 0.6 is 0 Å². The SMILES string of the molecule is O=[C]NC1CCCC1. The standard InChI is InChI=1S/C6H10NO/c8-5-7-6-3-1-2-4-6/h6H,1-4H2,(H,7,8). The topological polar surface area (TPSA) is 29.1 Å². The number of amides is 1. The second-order valence-electron chi connectivity index (χ2n) is 2.23. The van der Waals surface area contributed by atoms with Crippen LogP contribution in [0.2, 0.25) is 0 Å². The predicted molar refractivity (Wildman–Crippen MR) is 31.1 cm³/mol. The summed E-state index contributed by atoms with van der Waals surface area (Å²) in [6.45, 7) is 0. The van der Waals surface area contributed by atoms with Crippen molar-refractivity contribution in [3.05, 3.63) is 0 Å². The van der Waals surface area contributed by atoms with E-state index >= 15 is 0 Å². The van der Waals surface area contributed by atoms with Gasteiger partial charge in [-0.2, -0.15) is 0 Å². The van der Waals surface area contributed by atoms with Gasteiger partial charge in [0.25, 0.3) is 0 Å². The number of hydrogen-bond donors (Lipinski definition) is 1. The van der Waals surface area contributed by atoms with E-state index in [1.54, 1.807) is 6.41 Å². The summed E-state index contributed by atoms with van der Waals surface area (Å²) in [7, 11) is 0. The van der Waals surface area contributed by atoms with Gasteiger partial charge in [-0.3, -0.25) is 4.79 Å². The van der Waals surface area contributed by atoms with Crippen molar-refractivity contribution in [2.24, 2.45) is 0 Å². The zero-order valence-corrected chi connectivity index (χ0v) is 4.81. The summed E-state index contributed by atoms with van der Waals surface area (Å²) in [5.41, 5.74) is 0. The molecule has 0 atom stereocenters. The average molecular weight is 112 g/mol. The summed E-state index contributed by atoms with van der Waals surface area (Å²) < 4.78 is 0. The van der Waals surface area contributed by atoms with Gasteiger partial charge in [-0.05, 0) is 12.8 Å². The van der Waals surface area contributed by atoms with Crippen molar-refractivity contribution in [2.75, 3.05) is 0 Å². The summed E-state index contributed by atoms with van der Waals surface area (Å²) in [6.07, 6.45) is 6.53. The Morgan fingerprint density at radius 3 is 2.50 bits per heavy atom. The number of hydrogen-bond acceptors (Lipinski definition) is 1. The highest BCUT2D eigenvalue weighted by molar-refractivity contribution is 5.47. The molecule has 0 aromatic heterocycles. The van der Waals surface area contributed by atoms with Gasteiger partial charge in [-0.15, -0.1) is 0 Å². The molecule has 0 aromatic rings. The molecule has 0 saturated heterocycles. The predicted octanol–water partition coefficient (Wildman–Crippen LogP) is 0.586. The van der Waals surface area contributed by atoms with Crippen LogP contribution in [-0.4, -0.2) is 12.5 Å². The van der Waals surface area contributed by atoms with Gasteiger partial charge in [0, 0.05) is 6.04 Å². The summed E-state index contributed by atoms with van der Waals surface area (Å²) in [6, 6.07) is 0.437. The molecular formula is C6H10NO. The van der Waals surface area contributed by atoms with E-state index in [9.17, 15) is 4.79 Å². The fourth-order valence-corrected chi connectivity index (χ4v) is 1.15. The Labute approximate surface area is 49.3 Å². The molecule has 1 aliphatic carbocycles. The van der Waals surface area contributed by atoms with Gasteiger partial charge in [0.2, 0.25) is 0 Å². The van der Waals surface area contributed by atoms with Gasteiger partial charge < -0.3 is 5.32 Å². The molecule has 1 saturated carbocycles. The van der Waals surface area contributed by atoms with Crippen molar-refractivity contribution in [1.82, 2.24) is 5.32 Å². The number of nitrogens with one attached hydrogen (secondary N) is 1. The van der Waals surface area contributed by atoms with Crippen LogP contribution in [0.1, 0.15) is 25.7 Å². The van der Waals surface area contributed by atoms with Crippen LogP contribution in [-0.2, 0) is 4.79 Å². The molecule has 8 heavy (non-hydrogen) atoms. The zero-order chi connectivity index (χ0) is 5.82. The van der Waals surface area contributed by atoms with Crippen molar-refractivity contribution in [3.63, 3.8) is 0 Å².